The number of likely N-dealkylation sites (tertiary alicyclic amines) is 1. The van der Waals surface area contributed by atoms with Crippen LogP contribution in [-0.4, -0.2) is 31.1 Å². The normalized spacial score (nSPS) is 24.2. The van der Waals surface area contributed by atoms with Crippen LogP contribution in [0.3, 0.4) is 0 Å². The molecule has 118 valence electrons. The smallest absolute Gasteiger partial charge is 0.0713 e. The predicted octanol–water partition coefficient (Wildman–Crippen LogP) is 3.34. The van der Waals surface area contributed by atoms with Crippen LogP contribution in [0.4, 0.5) is 0 Å². The van der Waals surface area contributed by atoms with E-state index in [0.29, 0.717) is 24.6 Å². The highest BCUT2D eigenvalue weighted by atomic mass is 16.5. The SMILES string of the molecule is COCc1ccc(C2C(CN)CCCCN2C(C)C)cc1. The topological polar surface area (TPSA) is 38.5 Å². The van der Waals surface area contributed by atoms with Crippen LogP contribution in [0.5, 0.6) is 0 Å². The summed E-state index contributed by atoms with van der Waals surface area (Å²) in [6.07, 6.45) is 3.82. The standard InChI is InChI=1S/C18H30N2O/c1-14(2)20-11-5-4-6-17(12-19)18(20)16-9-7-15(8-10-16)13-21-3/h7-10,14,17-18H,4-6,11-13,19H2,1-3H3. The fourth-order valence-corrected chi connectivity index (χ4v) is 3.54. The second kappa shape index (κ2) is 7.92. The zero-order valence-corrected chi connectivity index (χ0v) is 13.7. The van der Waals surface area contributed by atoms with Crippen molar-refractivity contribution in [1.82, 2.24) is 4.90 Å². The van der Waals surface area contributed by atoms with Gasteiger partial charge in [0.1, 0.15) is 0 Å². The van der Waals surface area contributed by atoms with E-state index in [4.69, 9.17) is 10.5 Å². The van der Waals surface area contributed by atoms with Gasteiger partial charge in [-0.2, -0.15) is 0 Å². The molecule has 1 fully saturated rings. The van der Waals surface area contributed by atoms with Crippen molar-refractivity contribution < 1.29 is 4.74 Å². The molecule has 0 radical (unpaired) electrons. The van der Waals surface area contributed by atoms with E-state index in [2.05, 4.69) is 43.0 Å². The van der Waals surface area contributed by atoms with Gasteiger partial charge in [-0.3, -0.25) is 4.90 Å². The van der Waals surface area contributed by atoms with Crippen molar-refractivity contribution in [2.45, 2.75) is 51.8 Å². The number of methoxy groups -OCH3 is 1. The van der Waals surface area contributed by atoms with Gasteiger partial charge in [0.25, 0.3) is 0 Å². The maximum Gasteiger partial charge on any atom is 0.0713 e. The summed E-state index contributed by atoms with van der Waals surface area (Å²) in [6.45, 7) is 7.22. The number of rotatable bonds is 5. The summed E-state index contributed by atoms with van der Waals surface area (Å²) >= 11 is 0. The Morgan fingerprint density at radius 3 is 2.52 bits per heavy atom. The van der Waals surface area contributed by atoms with Gasteiger partial charge >= 0.3 is 0 Å². The minimum atomic E-state index is 0.453. The zero-order chi connectivity index (χ0) is 15.2. The van der Waals surface area contributed by atoms with Crippen molar-refractivity contribution in [2.24, 2.45) is 11.7 Å². The van der Waals surface area contributed by atoms with Crippen molar-refractivity contribution in [3.8, 4) is 0 Å². The number of nitrogens with two attached hydrogens (primary N) is 1. The molecular formula is C18H30N2O. The van der Waals surface area contributed by atoms with Gasteiger partial charge in [-0.15, -0.1) is 0 Å². The molecule has 1 heterocycles. The van der Waals surface area contributed by atoms with Crippen LogP contribution in [0.2, 0.25) is 0 Å². The largest absolute Gasteiger partial charge is 0.380 e. The molecule has 0 aliphatic carbocycles. The fraction of sp³-hybridized carbons (Fsp3) is 0.667. The van der Waals surface area contributed by atoms with Gasteiger partial charge in [0, 0.05) is 19.2 Å². The van der Waals surface area contributed by atoms with Gasteiger partial charge < -0.3 is 10.5 Å². The molecule has 1 aliphatic rings. The molecule has 0 bridgehead atoms. The molecule has 2 atom stereocenters. The first-order chi connectivity index (χ1) is 10.2. The summed E-state index contributed by atoms with van der Waals surface area (Å²) in [7, 11) is 1.74. The van der Waals surface area contributed by atoms with E-state index in [-0.39, 0.29) is 0 Å². The van der Waals surface area contributed by atoms with Crippen LogP contribution >= 0.6 is 0 Å². The maximum atomic E-state index is 6.09. The predicted molar refractivity (Wildman–Crippen MR) is 88.1 cm³/mol. The summed E-state index contributed by atoms with van der Waals surface area (Å²) in [6, 6.07) is 9.92. The van der Waals surface area contributed by atoms with Gasteiger partial charge in [-0.25, -0.2) is 0 Å². The number of hydrogen-bond donors (Lipinski definition) is 1. The molecule has 0 spiro atoms. The Bertz CT molecular complexity index is 416. The van der Waals surface area contributed by atoms with Crippen molar-refractivity contribution in [3.05, 3.63) is 35.4 Å². The average Bonchev–Trinajstić information content (AvgIpc) is 2.70. The highest BCUT2D eigenvalue weighted by molar-refractivity contribution is 5.26. The average molecular weight is 290 g/mol. The Morgan fingerprint density at radius 1 is 1.24 bits per heavy atom. The number of nitrogens with zero attached hydrogens (tertiary/aromatic N) is 1. The van der Waals surface area contributed by atoms with E-state index in [9.17, 15) is 0 Å². The third kappa shape index (κ3) is 4.06. The molecule has 1 aromatic rings. The molecule has 0 aromatic heterocycles. The zero-order valence-electron chi connectivity index (χ0n) is 13.7. The van der Waals surface area contributed by atoms with E-state index < -0.39 is 0 Å². The Hall–Kier alpha value is -0.900. The third-order valence-corrected chi connectivity index (χ3v) is 4.64. The van der Waals surface area contributed by atoms with E-state index in [1.54, 1.807) is 7.11 Å². The van der Waals surface area contributed by atoms with Crippen molar-refractivity contribution in [1.29, 1.82) is 0 Å². The molecule has 2 unspecified atom stereocenters. The van der Waals surface area contributed by atoms with Gasteiger partial charge in [0.2, 0.25) is 0 Å². The molecule has 3 nitrogen and oxygen atoms in total. The molecule has 1 saturated heterocycles. The minimum absolute atomic E-state index is 0.453. The lowest BCUT2D eigenvalue weighted by atomic mass is 9.88. The van der Waals surface area contributed by atoms with E-state index >= 15 is 0 Å². The Balaban J connectivity index is 2.28. The van der Waals surface area contributed by atoms with E-state index in [1.807, 2.05) is 0 Å². The fourth-order valence-electron chi connectivity index (χ4n) is 3.54. The van der Waals surface area contributed by atoms with E-state index in [0.717, 1.165) is 6.54 Å². The van der Waals surface area contributed by atoms with E-state index in [1.165, 1.54) is 36.9 Å². The lowest BCUT2D eigenvalue weighted by Crippen LogP contribution is -2.39. The highest BCUT2D eigenvalue weighted by Gasteiger charge is 2.31. The molecule has 2 rings (SSSR count). The Kier molecular flexibility index (Phi) is 6.22. The summed E-state index contributed by atoms with van der Waals surface area (Å²) in [5.74, 6) is 0.558. The van der Waals surface area contributed by atoms with Gasteiger partial charge in [-0.05, 0) is 56.8 Å². The van der Waals surface area contributed by atoms with Crippen LogP contribution in [-0.2, 0) is 11.3 Å². The maximum absolute atomic E-state index is 6.09. The Morgan fingerprint density at radius 2 is 1.95 bits per heavy atom. The number of hydrogen-bond acceptors (Lipinski definition) is 3. The second-order valence-electron chi connectivity index (χ2n) is 6.44. The molecule has 21 heavy (non-hydrogen) atoms. The lowest BCUT2D eigenvalue weighted by molar-refractivity contribution is 0.121. The molecule has 1 aromatic carbocycles. The molecule has 0 amide bonds. The van der Waals surface area contributed by atoms with Gasteiger partial charge in [-0.1, -0.05) is 30.7 Å². The Labute approximate surface area is 129 Å². The van der Waals surface area contributed by atoms with Crippen molar-refractivity contribution in [3.63, 3.8) is 0 Å². The highest BCUT2D eigenvalue weighted by Crippen LogP contribution is 2.36. The first-order valence-corrected chi connectivity index (χ1v) is 8.21. The van der Waals surface area contributed by atoms with Crippen LogP contribution in [0, 0.1) is 5.92 Å². The summed E-state index contributed by atoms with van der Waals surface area (Å²) in [5, 5.41) is 0. The quantitative estimate of drug-likeness (QED) is 0.904. The molecular weight excluding hydrogens is 260 g/mol. The monoisotopic (exact) mass is 290 g/mol. The van der Waals surface area contributed by atoms with Gasteiger partial charge in [0.15, 0.2) is 0 Å². The van der Waals surface area contributed by atoms with Crippen LogP contribution < -0.4 is 5.73 Å². The minimum Gasteiger partial charge on any atom is -0.380 e. The van der Waals surface area contributed by atoms with Crippen LogP contribution in [0.1, 0.15) is 50.3 Å². The van der Waals surface area contributed by atoms with Gasteiger partial charge in [0.05, 0.1) is 6.61 Å². The summed E-state index contributed by atoms with van der Waals surface area (Å²) in [4.78, 5) is 2.63. The van der Waals surface area contributed by atoms with Crippen molar-refractivity contribution >= 4 is 0 Å². The number of benzene rings is 1. The second-order valence-corrected chi connectivity index (χ2v) is 6.44. The first-order valence-electron chi connectivity index (χ1n) is 8.21. The lowest BCUT2D eigenvalue weighted by Gasteiger charge is -2.38. The van der Waals surface area contributed by atoms with Crippen molar-refractivity contribution in [2.75, 3.05) is 20.2 Å². The molecule has 0 saturated carbocycles. The molecule has 3 heteroatoms. The number of ether oxygens (including phenoxy) is 1. The van der Waals surface area contributed by atoms with Crippen LogP contribution in [0.25, 0.3) is 0 Å². The summed E-state index contributed by atoms with van der Waals surface area (Å²) < 4.78 is 5.20. The van der Waals surface area contributed by atoms with Crippen LogP contribution in [0.15, 0.2) is 24.3 Å². The first kappa shape index (κ1) is 16.5. The molecule has 2 N–H and O–H groups in total. The third-order valence-electron chi connectivity index (χ3n) is 4.64. The summed E-state index contributed by atoms with van der Waals surface area (Å²) in [5.41, 5.74) is 8.73. The molecule has 1 aliphatic heterocycles.